The largest absolute Gasteiger partial charge is 0.468 e. The molecule has 0 aromatic heterocycles. The smallest absolute Gasteiger partial charge is 0.325 e. The van der Waals surface area contributed by atoms with Gasteiger partial charge in [-0.1, -0.05) is 6.07 Å². The zero-order valence-electron chi connectivity index (χ0n) is 12.2. The summed E-state index contributed by atoms with van der Waals surface area (Å²) in [6.45, 7) is 1.71. The minimum atomic E-state index is -0.493. The number of methoxy groups -OCH3 is 1. The summed E-state index contributed by atoms with van der Waals surface area (Å²) in [5.74, 6) is 0.939. The molecule has 2 aliphatic heterocycles. The highest BCUT2D eigenvalue weighted by Gasteiger charge is 2.29. The quantitative estimate of drug-likeness (QED) is 0.619. The summed E-state index contributed by atoms with van der Waals surface area (Å²) < 4.78 is 15.1. The van der Waals surface area contributed by atoms with Crippen LogP contribution in [0.1, 0.15) is 12.5 Å². The highest BCUT2D eigenvalue weighted by atomic mass is 16.7. The van der Waals surface area contributed by atoms with Crippen LogP contribution in [0.5, 0.6) is 11.5 Å². The van der Waals surface area contributed by atoms with Gasteiger partial charge in [0.1, 0.15) is 18.1 Å². The van der Waals surface area contributed by atoms with Gasteiger partial charge in [0.15, 0.2) is 11.5 Å². The lowest BCUT2D eigenvalue weighted by atomic mass is 10.1. The van der Waals surface area contributed by atoms with E-state index >= 15 is 0 Å². The Kier molecular flexibility index (Phi) is 3.54. The Hall–Kier alpha value is -2.83. The highest BCUT2D eigenvalue weighted by Crippen LogP contribution is 2.33. The molecule has 0 saturated heterocycles. The maximum absolute atomic E-state index is 12.3. The Morgan fingerprint density at radius 1 is 1.41 bits per heavy atom. The molecule has 0 unspecified atom stereocenters. The average Bonchev–Trinajstić information content (AvgIpc) is 3.07. The monoisotopic (exact) mass is 302 g/mol. The summed E-state index contributed by atoms with van der Waals surface area (Å²) in [6.07, 6.45) is 1.64. The number of benzene rings is 1. The number of ether oxygens (including phenoxy) is 3. The molecule has 114 valence electrons. The van der Waals surface area contributed by atoms with Crippen molar-refractivity contribution in [3.63, 3.8) is 0 Å². The van der Waals surface area contributed by atoms with E-state index in [2.05, 4.69) is 9.73 Å². The van der Waals surface area contributed by atoms with E-state index in [1.807, 2.05) is 6.07 Å². The molecule has 22 heavy (non-hydrogen) atoms. The number of nitrogens with zero attached hydrogens (tertiary/aromatic N) is 2. The topological polar surface area (TPSA) is 77.4 Å². The number of aliphatic imine (C=N–C) groups is 1. The van der Waals surface area contributed by atoms with Crippen LogP contribution in [0.4, 0.5) is 0 Å². The zero-order valence-corrected chi connectivity index (χ0v) is 12.2. The van der Waals surface area contributed by atoms with E-state index in [9.17, 15) is 9.59 Å². The third-order valence-electron chi connectivity index (χ3n) is 3.35. The van der Waals surface area contributed by atoms with Crippen molar-refractivity contribution in [3.8, 4) is 11.5 Å². The van der Waals surface area contributed by atoms with Gasteiger partial charge in [0, 0.05) is 0 Å². The second-order valence-corrected chi connectivity index (χ2v) is 4.77. The van der Waals surface area contributed by atoms with Crippen molar-refractivity contribution in [2.24, 2.45) is 4.99 Å². The summed E-state index contributed by atoms with van der Waals surface area (Å²) in [6, 6.07) is 5.36. The van der Waals surface area contributed by atoms with Gasteiger partial charge in [-0.05, 0) is 30.7 Å². The molecule has 1 amide bonds. The number of rotatable bonds is 3. The summed E-state index contributed by atoms with van der Waals surface area (Å²) in [7, 11) is 1.28. The number of amides is 1. The maximum Gasteiger partial charge on any atom is 0.325 e. The lowest BCUT2D eigenvalue weighted by Crippen LogP contribution is -2.35. The molecule has 0 radical (unpaired) electrons. The zero-order chi connectivity index (χ0) is 15.7. The van der Waals surface area contributed by atoms with Crippen molar-refractivity contribution < 1.29 is 23.8 Å². The maximum atomic E-state index is 12.3. The normalized spacial score (nSPS) is 17.9. The van der Waals surface area contributed by atoms with Crippen LogP contribution in [0, 0.1) is 0 Å². The van der Waals surface area contributed by atoms with Gasteiger partial charge in [-0.25, -0.2) is 4.99 Å². The predicted octanol–water partition coefficient (Wildman–Crippen LogP) is 1.19. The minimum Gasteiger partial charge on any atom is -0.468 e. The first-order chi connectivity index (χ1) is 10.6. The first-order valence-electron chi connectivity index (χ1n) is 6.64. The SMILES string of the molecule is COC(=O)CN1C(=O)/C(=C/c2ccc3c(c2)OCO3)N=C1C. The molecule has 7 nitrogen and oxygen atoms in total. The molecule has 0 atom stereocenters. The molecule has 7 heteroatoms. The fourth-order valence-electron chi connectivity index (χ4n) is 2.20. The van der Waals surface area contributed by atoms with E-state index in [0.29, 0.717) is 17.3 Å². The number of carbonyl (C=O) groups excluding carboxylic acids is 2. The lowest BCUT2D eigenvalue weighted by Gasteiger charge is -2.13. The van der Waals surface area contributed by atoms with E-state index in [1.165, 1.54) is 12.0 Å². The fourth-order valence-corrected chi connectivity index (χ4v) is 2.20. The van der Waals surface area contributed by atoms with Gasteiger partial charge in [-0.2, -0.15) is 0 Å². The Labute approximate surface area is 126 Å². The Balaban J connectivity index is 1.83. The van der Waals surface area contributed by atoms with Crippen LogP contribution in [-0.4, -0.2) is 43.1 Å². The Bertz CT molecular complexity index is 708. The number of hydrogen-bond acceptors (Lipinski definition) is 6. The third-order valence-corrected chi connectivity index (χ3v) is 3.35. The number of amidine groups is 1. The molecular weight excluding hydrogens is 288 g/mol. The van der Waals surface area contributed by atoms with E-state index < -0.39 is 5.97 Å². The van der Waals surface area contributed by atoms with Crippen molar-refractivity contribution in [1.29, 1.82) is 0 Å². The van der Waals surface area contributed by atoms with E-state index in [1.54, 1.807) is 25.1 Å². The van der Waals surface area contributed by atoms with Crippen LogP contribution < -0.4 is 9.47 Å². The van der Waals surface area contributed by atoms with Crippen LogP contribution in [-0.2, 0) is 14.3 Å². The van der Waals surface area contributed by atoms with Crippen LogP contribution >= 0.6 is 0 Å². The van der Waals surface area contributed by atoms with Gasteiger partial charge >= 0.3 is 5.97 Å². The van der Waals surface area contributed by atoms with Gasteiger partial charge in [-0.3, -0.25) is 14.5 Å². The van der Waals surface area contributed by atoms with Crippen LogP contribution in [0.3, 0.4) is 0 Å². The standard InChI is InChI=1S/C15H14N2O5/c1-9-16-11(15(19)17(9)7-14(18)20-2)5-10-3-4-12-13(6-10)22-8-21-12/h3-6H,7-8H2,1-2H3/b11-5-. The molecule has 0 spiro atoms. The molecule has 2 heterocycles. The van der Waals surface area contributed by atoms with E-state index in [-0.39, 0.29) is 24.9 Å². The molecule has 1 aromatic carbocycles. The van der Waals surface area contributed by atoms with Gasteiger partial charge in [0.05, 0.1) is 7.11 Å². The Morgan fingerprint density at radius 3 is 2.95 bits per heavy atom. The summed E-state index contributed by atoms with van der Waals surface area (Å²) >= 11 is 0. The molecule has 0 N–H and O–H groups in total. The summed E-state index contributed by atoms with van der Waals surface area (Å²) in [5, 5.41) is 0. The summed E-state index contributed by atoms with van der Waals surface area (Å²) in [5.41, 5.74) is 1.03. The Morgan fingerprint density at radius 2 is 2.18 bits per heavy atom. The third kappa shape index (κ3) is 2.52. The van der Waals surface area contributed by atoms with Gasteiger partial charge in [-0.15, -0.1) is 0 Å². The highest BCUT2D eigenvalue weighted by molar-refractivity contribution is 6.14. The van der Waals surface area contributed by atoms with Crippen molar-refractivity contribution >= 4 is 23.8 Å². The first kappa shape index (κ1) is 14.1. The number of hydrogen-bond donors (Lipinski definition) is 0. The van der Waals surface area contributed by atoms with Gasteiger partial charge in [0.2, 0.25) is 6.79 Å². The van der Waals surface area contributed by atoms with Gasteiger partial charge in [0.25, 0.3) is 5.91 Å². The molecule has 3 rings (SSSR count). The fraction of sp³-hybridized carbons (Fsp3) is 0.267. The number of fused-ring (bicyclic) bond motifs is 1. The summed E-state index contributed by atoms with van der Waals surface area (Å²) in [4.78, 5) is 29.1. The second-order valence-electron chi connectivity index (χ2n) is 4.77. The molecule has 0 fully saturated rings. The van der Waals surface area contributed by atoms with Crippen LogP contribution in [0.15, 0.2) is 28.9 Å². The van der Waals surface area contributed by atoms with Crippen molar-refractivity contribution in [3.05, 3.63) is 29.5 Å². The number of carbonyl (C=O) groups is 2. The van der Waals surface area contributed by atoms with Crippen molar-refractivity contribution in [1.82, 2.24) is 4.90 Å². The van der Waals surface area contributed by atoms with Crippen molar-refractivity contribution in [2.45, 2.75) is 6.92 Å². The lowest BCUT2D eigenvalue weighted by molar-refractivity contribution is -0.143. The second kappa shape index (κ2) is 5.51. The van der Waals surface area contributed by atoms with Crippen LogP contribution in [0.2, 0.25) is 0 Å². The molecule has 0 aliphatic carbocycles. The average molecular weight is 302 g/mol. The van der Waals surface area contributed by atoms with Crippen molar-refractivity contribution in [2.75, 3.05) is 20.4 Å². The van der Waals surface area contributed by atoms with E-state index in [4.69, 9.17) is 9.47 Å². The number of esters is 1. The van der Waals surface area contributed by atoms with E-state index in [0.717, 1.165) is 5.56 Å². The predicted molar refractivity (Wildman–Crippen MR) is 77.4 cm³/mol. The minimum absolute atomic E-state index is 0.150. The van der Waals surface area contributed by atoms with Gasteiger partial charge < -0.3 is 14.2 Å². The first-order valence-corrected chi connectivity index (χ1v) is 6.64. The molecule has 0 saturated carbocycles. The molecule has 1 aromatic rings. The molecule has 0 bridgehead atoms. The van der Waals surface area contributed by atoms with Crippen LogP contribution in [0.25, 0.3) is 6.08 Å². The molecule has 2 aliphatic rings. The molecular formula is C15H14N2O5.